The molecule has 0 unspecified atom stereocenters. The summed E-state index contributed by atoms with van der Waals surface area (Å²) in [5, 5.41) is 3.02. The number of rotatable bonds is 3. The normalized spacial score (nSPS) is 10.8. The molecule has 0 atom stereocenters. The van der Waals surface area contributed by atoms with E-state index in [2.05, 4.69) is 22.0 Å². The summed E-state index contributed by atoms with van der Waals surface area (Å²) < 4.78 is 2.15. The van der Waals surface area contributed by atoms with Gasteiger partial charge in [0.15, 0.2) is 5.78 Å². The van der Waals surface area contributed by atoms with Gasteiger partial charge in [0.2, 0.25) is 0 Å². The second-order valence-electron chi connectivity index (χ2n) is 4.34. The van der Waals surface area contributed by atoms with Crippen LogP contribution in [-0.2, 0) is 6.42 Å². The second kappa shape index (κ2) is 5.27. The third-order valence-electron chi connectivity index (χ3n) is 3.09. The van der Waals surface area contributed by atoms with E-state index in [0.717, 1.165) is 25.7 Å². The smallest absolute Gasteiger partial charge is 0.168 e. The average Bonchev–Trinajstić information content (AvgIpc) is 2.85. The van der Waals surface area contributed by atoms with Gasteiger partial charge in [-0.3, -0.25) is 4.79 Å². The highest BCUT2D eigenvalue weighted by atomic mass is 79.9. The van der Waals surface area contributed by atoms with Gasteiger partial charge in [-0.05, 0) is 17.7 Å². The lowest BCUT2D eigenvalue weighted by molar-refractivity contribution is 0.0995. The van der Waals surface area contributed by atoms with Crippen LogP contribution in [0.3, 0.4) is 0 Å². The predicted molar refractivity (Wildman–Crippen MR) is 84.0 cm³/mol. The summed E-state index contributed by atoms with van der Waals surface area (Å²) >= 11 is 5.11. The first kappa shape index (κ1) is 12.6. The van der Waals surface area contributed by atoms with E-state index in [0.29, 0.717) is 6.42 Å². The summed E-state index contributed by atoms with van der Waals surface area (Å²) in [6, 6.07) is 15.9. The Kier molecular flexibility index (Phi) is 3.49. The average molecular weight is 331 g/mol. The molecule has 0 amide bonds. The molecule has 1 nitrogen and oxygen atoms in total. The van der Waals surface area contributed by atoms with Crippen LogP contribution in [0.5, 0.6) is 0 Å². The molecule has 94 valence electrons. The summed E-state index contributed by atoms with van der Waals surface area (Å²) in [6.45, 7) is 0. The van der Waals surface area contributed by atoms with Gasteiger partial charge in [0.1, 0.15) is 0 Å². The van der Waals surface area contributed by atoms with Gasteiger partial charge in [0, 0.05) is 31.9 Å². The van der Waals surface area contributed by atoms with E-state index in [4.69, 9.17) is 0 Å². The van der Waals surface area contributed by atoms with Gasteiger partial charge in [0.25, 0.3) is 0 Å². The Morgan fingerprint density at radius 3 is 2.63 bits per heavy atom. The van der Waals surface area contributed by atoms with Crippen LogP contribution in [0.2, 0.25) is 0 Å². The number of ketones is 1. The van der Waals surface area contributed by atoms with Crippen LogP contribution in [0.4, 0.5) is 0 Å². The quantitative estimate of drug-likeness (QED) is 0.611. The molecule has 0 N–H and O–H groups in total. The molecule has 0 aliphatic rings. The monoisotopic (exact) mass is 330 g/mol. The van der Waals surface area contributed by atoms with Crippen molar-refractivity contribution in [1.29, 1.82) is 0 Å². The molecule has 3 rings (SSSR count). The highest BCUT2D eigenvalue weighted by molar-refractivity contribution is 9.10. The van der Waals surface area contributed by atoms with Crippen LogP contribution in [0, 0.1) is 0 Å². The highest BCUT2D eigenvalue weighted by Gasteiger charge is 2.13. The Morgan fingerprint density at radius 1 is 1.05 bits per heavy atom. The summed E-state index contributed by atoms with van der Waals surface area (Å²) in [4.78, 5) is 12.4. The maximum Gasteiger partial charge on any atom is 0.168 e. The first-order chi connectivity index (χ1) is 9.25. The molecule has 0 aliphatic carbocycles. The Hall–Kier alpha value is -1.45. The Balaban J connectivity index is 1.95. The zero-order valence-corrected chi connectivity index (χ0v) is 12.5. The van der Waals surface area contributed by atoms with Crippen molar-refractivity contribution in [3.63, 3.8) is 0 Å². The highest BCUT2D eigenvalue weighted by Crippen LogP contribution is 2.27. The maximum absolute atomic E-state index is 12.4. The number of carbonyl (C=O) groups excluding carboxylic acids is 1. The second-order valence-corrected chi connectivity index (χ2v) is 6.10. The summed E-state index contributed by atoms with van der Waals surface area (Å²) in [5.41, 5.74) is 1.86. The van der Waals surface area contributed by atoms with Crippen LogP contribution in [0.15, 0.2) is 58.4 Å². The molecule has 0 fully saturated rings. The molecule has 0 saturated heterocycles. The standard InChI is InChI=1S/C16H11BrOS/c17-14-7-3-1-5-11(14)9-15(18)13-10-19-16-8-4-2-6-12(13)16/h1-8,10H,9H2. The molecule has 0 aliphatic heterocycles. The minimum atomic E-state index is 0.171. The van der Waals surface area contributed by atoms with Gasteiger partial charge in [-0.2, -0.15) is 0 Å². The Morgan fingerprint density at radius 2 is 1.79 bits per heavy atom. The van der Waals surface area contributed by atoms with Gasteiger partial charge < -0.3 is 0 Å². The zero-order chi connectivity index (χ0) is 13.2. The maximum atomic E-state index is 12.4. The van der Waals surface area contributed by atoms with Crippen LogP contribution in [-0.4, -0.2) is 5.78 Å². The number of Topliss-reactive ketones (excluding diaryl/α,β-unsaturated/α-hetero) is 1. The Bertz CT molecular complexity index is 745. The SMILES string of the molecule is O=C(Cc1ccccc1Br)c1csc2ccccc12. The summed E-state index contributed by atoms with van der Waals surface area (Å²) in [7, 11) is 0. The van der Waals surface area contributed by atoms with Crippen LogP contribution in [0.1, 0.15) is 15.9 Å². The molecule has 0 bridgehead atoms. The molecule has 19 heavy (non-hydrogen) atoms. The molecule has 0 radical (unpaired) electrons. The third kappa shape index (κ3) is 2.48. The molecular weight excluding hydrogens is 320 g/mol. The van der Waals surface area contributed by atoms with Crippen molar-refractivity contribution >= 4 is 43.1 Å². The van der Waals surface area contributed by atoms with Gasteiger partial charge in [0.05, 0.1) is 0 Å². The minimum absolute atomic E-state index is 0.171. The van der Waals surface area contributed by atoms with Crippen molar-refractivity contribution in [3.05, 3.63) is 69.5 Å². The van der Waals surface area contributed by atoms with Gasteiger partial charge in [-0.1, -0.05) is 52.3 Å². The van der Waals surface area contributed by atoms with E-state index in [9.17, 15) is 4.79 Å². The number of thiophene rings is 1. The molecule has 1 aromatic heterocycles. The van der Waals surface area contributed by atoms with E-state index in [1.807, 2.05) is 47.8 Å². The van der Waals surface area contributed by atoms with Crippen molar-refractivity contribution in [2.24, 2.45) is 0 Å². The first-order valence-corrected chi connectivity index (χ1v) is 7.66. The predicted octanol–water partition coefficient (Wildman–Crippen LogP) is 5.09. The Labute approximate surface area is 124 Å². The largest absolute Gasteiger partial charge is 0.294 e. The van der Waals surface area contributed by atoms with Crippen molar-refractivity contribution in [1.82, 2.24) is 0 Å². The fourth-order valence-electron chi connectivity index (χ4n) is 2.10. The van der Waals surface area contributed by atoms with Crippen molar-refractivity contribution in [3.8, 4) is 0 Å². The fraction of sp³-hybridized carbons (Fsp3) is 0.0625. The molecule has 1 heterocycles. The number of carbonyl (C=O) groups is 1. The van der Waals surface area contributed by atoms with Gasteiger partial charge >= 0.3 is 0 Å². The van der Waals surface area contributed by atoms with Crippen molar-refractivity contribution in [2.75, 3.05) is 0 Å². The summed E-state index contributed by atoms with van der Waals surface area (Å²) in [6.07, 6.45) is 0.433. The lowest BCUT2D eigenvalue weighted by Gasteiger charge is -2.03. The van der Waals surface area contributed by atoms with Gasteiger partial charge in [-0.15, -0.1) is 11.3 Å². The number of hydrogen-bond acceptors (Lipinski definition) is 2. The van der Waals surface area contributed by atoms with Gasteiger partial charge in [-0.25, -0.2) is 0 Å². The number of halogens is 1. The van der Waals surface area contributed by atoms with E-state index in [1.54, 1.807) is 11.3 Å². The number of fused-ring (bicyclic) bond motifs is 1. The molecule has 2 aromatic carbocycles. The number of hydrogen-bond donors (Lipinski definition) is 0. The first-order valence-electron chi connectivity index (χ1n) is 5.98. The molecule has 0 spiro atoms. The minimum Gasteiger partial charge on any atom is -0.294 e. The molecular formula is C16H11BrOS. The lowest BCUT2D eigenvalue weighted by atomic mass is 10.0. The fourth-order valence-corrected chi connectivity index (χ4v) is 3.49. The van der Waals surface area contributed by atoms with Crippen molar-refractivity contribution in [2.45, 2.75) is 6.42 Å². The van der Waals surface area contributed by atoms with Crippen molar-refractivity contribution < 1.29 is 4.79 Å². The number of benzene rings is 2. The lowest BCUT2D eigenvalue weighted by Crippen LogP contribution is -2.03. The van der Waals surface area contributed by atoms with E-state index < -0.39 is 0 Å². The molecule has 3 heteroatoms. The topological polar surface area (TPSA) is 17.1 Å². The van der Waals surface area contributed by atoms with E-state index >= 15 is 0 Å². The molecule has 0 saturated carbocycles. The summed E-state index contributed by atoms with van der Waals surface area (Å²) in [5.74, 6) is 0.171. The van der Waals surface area contributed by atoms with Crippen LogP contribution >= 0.6 is 27.3 Å². The van der Waals surface area contributed by atoms with Crippen LogP contribution in [0.25, 0.3) is 10.1 Å². The third-order valence-corrected chi connectivity index (χ3v) is 4.83. The zero-order valence-electron chi connectivity index (χ0n) is 10.1. The van der Waals surface area contributed by atoms with E-state index in [-0.39, 0.29) is 5.78 Å². The van der Waals surface area contributed by atoms with E-state index in [1.165, 1.54) is 0 Å². The molecule has 3 aromatic rings. The van der Waals surface area contributed by atoms with Crippen LogP contribution < -0.4 is 0 Å².